The van der Waals surface area contributed by atoms with Gasteiger partial charge in [0.2, 0.25) is 0 Å². The minimum Gasteiger partial charge on any atom is -0.383 e. The normalized spacial score (nSPS) is 11.8. The van der Waals surface area contributed by atoms with Gasteiger partial charge < -0.3 is 10.7 Å². The number of hydrogen-bond acceptors (Lipinski definition) is 4. The summed E-state index contributed by atoms with van der Waals surface area (Å²) in [6, 6.07) is 5.88. The molecule has 7 heteroatoms. The Balaban J connectivity index is 2.10. The van der Waals surface area contributed by atoms with Gasteiger partial charge in [0, 0.05) is 23.8 Å². The molecule has 0 aliphatic rings. The van der Waals surface area contributed by atoms with Crippen LogP contribution in [0.2, 0.25) is 5.02 Å². The number of hydrogen-bond donors (Lipinski definition) is 2. The summed E-state index contributed by atoms with van der Waals surface area (Å²) < 4.78 is 1.93. The van der Waals surface area contributed by atoms with Crippen LogP contribution < -0.4 is 5.73 Å². The number of nitrogens with two attached hydrogens (primary N) is 1. The average molecular weight is 327 g/mol. The number of pyridine rings is 2. The zero-order valence-electron chi connectivity index (χ0n) is 12.7. The standard InChI is InChI=1S/C16H15ClN6/c1-8(2)23-10-5-7-19-15(18)11(10)13(22-23)14-12(17)9-4-3-6-20-16(9)21-14/h3-8H,1-2H3,(H2,18,19)(H,20,21). The molecule has 0 aliphatic carbocycles. The quantitative estimate of drug-likeness (QED) is 0.587. The Morgan fingerprint density at radius 1 is 1.22 bits per heavy atom. The molecular formula is C16H15ClN6. The number of aromatic nitrogens is 5. The first-order valence-electron chi connectivity index (χ1n) is 7.33. The summed E-state index contributed by atoms with van der Waals surface area (Å²) in [6.45, 7) is 4.14. The van der Waals surface area contributed by atoms with Crippen molar-refractivity contribution in [2.75, 3.05) is 5.73 Å². The van der Waals surface area contributed by atoms with Crippen LogP contribution in [0.15, 0.2) is 30.6 Å². The van der Waals surface area contributed by atoms with Gasteiger partial charge in [-0.25, -0.2) is 9.97 Å². The van der Waals surface area contributed by atoms with Crippen LogP contribution in [-0.2, 0) is 0 Å². The maximum absolute atomic E-state index is 6.55. The predicted octanol–water partition coefficient (Wildman–Crippen LogP) is 3.79. The highest BCUT2D eigenvalue weighted by Gasteiger charge is 2.21. The van der Waals surface area contributed by atoms with Gasteiger partial charge in [0.25, 0.3) is 0 Å². The zero-order chi connectivity index (χ0) is 16.1. The third-order valence-electron chi connectivity index (χ3n) is 3.88. The van der Waals surface area contributed by atoms with Crippen molar-refractivity contribution in [2.45, 2.75) is 19.9 Å². The molecule has 6 nitrogen and oxygen atoms in total. The number of halogens is 1. The first-order chi connectivity index (χ1) is 11.1. The topological polar surface area (TPSA) is 85.4 Å². The number of rotatable bonds is 2. The lowest BCUT2D eigenvalue weighted by Gasteiger charge is -2.06. The minimum absolute atomic E-state index is 0.189. The van der Waals surface area contributed by atoms with Gasteiger partial charge in [-0.3, -0.25) is 4.68 Å². The molecule has 0 saturated heterocycles. The van der Waals surface area contributed by atoms with Crippen molar-refractivity contribution in [2.24, 2.45) is 0 Å². The Morgan fingerprint density at radius 3 is 2.78 bits per heavy atom. The van der Waals surface area contributed by atoms with Crippen LogP contribution >= 0.6 is 11.6 Å². The van der Waals surface area contributed by atoms with Crippen LogP contribution in [-0.4, -0.2) is 24.7 Å². The fourth-order valence-electron chi connectivity index (χ4n) is 2.83. The highest BCUT2D eigenvalue weighted by atomic mass is 35.5. The van der Waals surface area contributed by atoms with E-state index in [2.05, 4.69) is 28.8 Å². The maximum Gasteiger partial charge on any atom is 0.139 e. The van der Waals surface area contributed by atoms with Crippen molar-refractivity contribution < 1.29 is 0 Å². The molecule has 0 atom stereocenters. The number of H-pyrrole nitrogens is 1. The fourth-order valence-corrected chi connectivity index (χ4v) is 3.12. The molecule has 4 heterocycles. The van der Waals surface area contributed by atoms with E-state index in [1.165, 1.54) is 0 Å². The first kappa shape index (κ1) is 14.0. The highest BCUT2D eigenvalue weighted by molar-refractivity contribution is 6.38. The molecule has 3 N–H and O–H groups in total. The molecule has 116 valence electrons. The van der Waals surface area contributed by atoms with E-state index in [0.29, 0.717) is 22.2 Å². The SMILES string of the molecule is CC(C)n1nc(-c2[nH]c3ncccc3c2Cl)c2c(N)nccc21. The van der Waals surface area contributed by atoms with E-state index >= 15 is 0 Å². The number of anilines is 1. The molecule has 0 bridgehead atoms. The lowest BCUT2D eigenvalue weighted by molar-refractivity contribution is 0.552. The molecule has 4 aromatic rings. The monoisotopic (exact) mass is 326 g/mol. The lowest BCUT2D eigenvalue weighted by Crippen LogP contribution is -2.02. The van der Waals surface area contributed by atoms with E-state index in [4.69, 9.17) is 22.4 Å². The molecule has 0 fully saturated rings. The Hall–Kier alpha value is -2.60. The Morgan fingerprint density at radius 2 is 2.04 bits per heavy atom. The molecule has 0 saturated carbocycles. The third-order valence-corrected chi connectivity index (χ3v) is 4.28. The molecule has 4 rings (SSSR count). The molecule has 23 heavy (non-hydrogen) atoms. The van der Waals surface area contributed by atoms with Gasteiger partial charge >= 0.3 is 0 Å². The van der Waals surface area contributed by atoms with Crippen LogP contribution in [0.25, 0.3) is 33.3 Å². The number of aromatic amines is 1. The van der Waals surface area contributed by atoms with E-state index in [9.17, 15) is 0 Å². The van der Waals surface area contributed by atoms with Crippen molar-refractivity contribution in [1.82, 2.24) is 24.7 Å². The second-order valence-electron chi connectivity index (χ2n) is 5.69. The zero-order valence-corrected chi connectivity index (χ0v) is 13.5. The van der Waals surface area contributed by atoms with Crippen molar-refractivity contribution in [3.05, 3.63) is 35.6 Å². The van der Waals surface area contributed by atoms with Gasteiger partial charge in [-0.15, -0.1) is 0 Å². The largest absolute Gasteiger partial charge is 0.383 e. The smallest absolute Gasteiger partial charge is 0.139 e. The Bertz CT molecular complexity index is 1030. The van der Waals surface area contributed by atoms with Crippen molar-refractivity contribution in [3.63, 3.8) is 0 Å². The summed E-state index contributed by atoms with van der Waals surface area (Å²) in [5, 5.41) is 6.98. The van der Waals surface area contributed by atoms with E-state index in [0.717, 1.165) is 21.9 Å². The van der Waals surface area contributed by atoms with E-state index in [-0.39, 0.29) is 6.04 Å². The lowest BCUT2D eigenvalue weighted by atomic mass is 10.2. The maximum atomic E-state index is 6.55. The minimum atomic E-state index is 0.189. The van der Waals surface area contributed by atoms with E-state index in [1.54, 1.807) is 12.4 Å². The van der Waals surface area contributed by atoms with E-state index < -0.39 is 0 Å². The summed E-state index contributed by atoms with van der Waals surface area (Å²) in [5.41, 5.74) is 9.18. The summed E-state index contributed by atoms with van der Waals surface area (Å²) in [7, 11) is 0. The summed E-state index contributed by atoms with van der Waals surface area (Å²) >= 11 is 6.55. The Labute approximate surface area is 137 Å². The summed E-state index contributed by atoms with van der Waals surface area (Å²) in [4.78, 5) is 11.8. The summed E-state index contributed by atoms with van der Waals surface area (Å²) in [5.74, 6) is 0.437. The highest BCUT2D eigenvalue weighted by Crippen LogP contribution is 2.38. The molecule has 0 unspecified atom stereocenters. The number of fused-ring (bicyclic) bond motifs is 2. The predicted molar refractivity (Wildman–Crippen MR) is 92.4 cm³/mol. The van der Waals surface area contributed by atoms with Crippen LogP contribution in [0.5, 0.6) is 0 Å². The molecule has 0 aromatic carbocycles. The van der Waals surface area contributed by atoms with Crippen LogP contribution in [0, 0.1) is 0 Å². The Kier molecular flexibility index (Phi) is 3.02. The van der Waals surface area contributed by atoms with Crippen LogP contribution in [0.3, 0.4) is 0 Å². The molecule has 0 amide bonds. The third kappa shape index (κ3) is 1.98. The summed E-state index contributed by atoms with van der Waals surface area (Å²) in [6.07, 6.45) is 3.41. The van der Waals surface area contributed by atoms with Crippen LogP contribution in [0.4, 0.5) is 5.82 Å². The molecule has 4 aromatic heterocycles. The fraction of sp³-hybridized carbons (Fsp3) is 0.188. The second kappa shape index (κ2) is 4.96. The van der Waals surface area contributed by atoms with Crippen molar-refractivity contribution >= 4 is 39.4 Å². The van der Waals surface area contributed by atoms with Gasteiger partial charge in [0.15, 0.2) is 0 Å². The number of nitrogen functional groups attached to an aromatic ring is 1. The van der Waals surface area contributed by atoms with Gasteiger partial charge in [-0.2, -0.15) is 5.10 Å². The second-order valence-corrected chi connectivity index (χ2v) is 6.07. The van der Waals surface area contributed by atoms with Crippen molar-refractivity contribution in [1.29, 1.82) is 0 Å². The van der Waals surface area contributed by atoms with Gasteiger partial charge in [0.05, 0.1) is 21.6 Å². The average Bonchev–Trinajstić information content (AvgIpc) is 3.07. The van der Waals surface area contributed by atoms with Gasteiger partial charge in [-0.1, -0.05) is 11.6 Å². The number of nitrogens with one attached hydrogen (secondary N) is 1. The molecule has 0 spiro atoms. The van der Waals surface area contributed by atoms with Gasteiger partial charge in [0.1, 0.15) is 17.2 Å². The van der Waals surface area contributed by atoms with Crippen LogP contribution in [0.1, 0.15) is 19.9 Å². The van der Waals surface area contributed by atoms with Crippen molar-refractivity contribution in [3.8, 4) is 11.4 Å². The first-order valence-corrected chi connectivity index (χ1v) is 7.71. The molecule has 0 aliphatic heterocycles. The molecular weight excluding hydrogens is 312 g/mol. The van der Waals surface area contributed by atoms with E-state index in [1.807, 2.05) is 22.9 Å². The van der Waals surface area contributed by atoms with Gasteiger partial charge in [-0.05, 0) is 32.0 Å². The number of nitrogens with zero attached hydrogens (tertiary/aromatic N) is 4. The molecule has 0 radical (unpaired) electrons.